The van der Waals surface area contributed by atoms with Gasteiger partial charge in [-0.3, -0.25) is 14.4 Å². The van der Waals surface area contributed by atoms with Crippen LogP contribution in [0, 0.1) is 13.8 Å². The van der Waals surface area contributed by atoms with Crippen LogP contribution in [0.1, 0.15) is 115 Å². The van der Waals surface area contributed by atoms with E-state index < -0.39 is 36.2 Å². The van der Waals surface area contributed by atoms with Gasteiger partial charge < -0.3 is 10.0 Å². The summed E-state index contributed by atoms with van der Waals surface area (Å²) in [5.41, 5.74) is 2.98. The van der Waals surface area contributed by atoms with Crippen LogP contribution in [0.15, 0.2) is 36.9 Å². The summed E-state index contributed by atoms with van der Waals surface area (Å²) in [6.45, 7) is 10.2. The van der Waals surface area contributed by atoms with Crippen molar-refractivity contribution in [2.75, 3.05) is 33.2 Å². The number of benzene rings is 2. The van der Waals surface area contributed by atoms with Gasteiger partial charge in [0.05, 0.1) is 11.7 Å². The van der Waals surface area contributed by atoms with E-state index in [4.69, 9.17) is 0 Å². The topological polar surface area (TPSA) is 53.0 Å². The van der Waals surface area contributed by atoms with Crippen molar-refractivity contribution in [3.63, 3.8) is 0 Å². The minimum Gasteiger partial charge on any atom is -0.480 e. The van der Waals surface area contributed by atoms with Gasteiger partial charge in [-0.15, -0.1) is 13.2 Å². The third-order valence-electron chi connectivity index (χ3n) is 10.2. The van der Waals surface area contributed by atoms with Crippen LogP contribution in [0.3, 0.4) is 0 Å². The predicted octanol–water partition coefficient (Wildman–Crippen LogP) is 9.64. The Kier molecular flexibility index (Phi) is 12.8. The van der Waals surface area contributed by atoms with Crippen LogP contribution in [-0.2, 0) is 15.7 Å². The quantitative estimate of drug-likeness (QED) is 0.213. The number of carbonyl (C=O) groups is 1. The number of likely N-dealkylation sites (N-methyl/N-ethyl adjacent to an activating group) is 1. The first-order valence-corrected chi connectivity index (χ1v) is 16.9. The number of hydrogen-bond donors (Lipinski definition) is 1. The van der Waals surface area contributed by atoms with Crippen molar-refractivity contribution in [3.05, 3.63) is 75.9 Å². The number of carboxylic acid groups (broad SMARTS) is 1. The van der Waals surface area contributed by atoms with E-state index in [-0.39, 0.29) is 30.2 Å². The summed E-state index contributed by atoms with van der Waals surface area (Å²) in [6, 6.07) is 7.20. The number of ether oxygens (including phenoxy) is 1. The molecule has 0 bridgehead atoms. The fourth-order valence-corrected chi connectivity index (χ4v) is 7.78. The van der Waals surface area contributed by atoms with Crippen molar-refractivity contribution in [2.24, 2.45) is 0 Å². The molecule has 1 saturated carbocycles. The van der Waals surface area contributed by atoms with Crippen molar-refractivity contribution < 1.29 is 41.0 Å². The van der Waals surface area contributed by atoms with E-state index in [9.17, 15) is 36.2 Å². The maximum absolute atomic E-state index is 14.1. The largest absolute Gasteiger partial charge is 0.522 e. The van der Waals surface area contributed by atoms with Crippen molar-refractivity contribution in [1.29, 1.82) is 0 Å². The molecule has 1 unspecified atom stereocenters. The number of rotatable bonds is 13. The molecule has 266 valence electrons. The molecule has 1 heterocycles. The van der Waals surface area contributed by atoms with Crippen molar-refractivity contribution in [2.45, 2.75) is 108 Å². The standard InChI is InChI=1S/C37H48F6N2O3/c1-5-26-22-25(3)31(23-32(26)36(38,39)40)27(17-21-45-18-7-6-8-19-45)16-20-44(4)34(35(46)47)30-11-9-10-24(2)33(30)28-12-14-29(15-13-28)48-37(41,42)43/h5,9-11,22-23,27-29,34H,1,6-8,12-21H2,2-4H3,(H,46,47)/t27-,28?,29?,34?/m1/s1. The van der Waals surface area contributed by atoms with Gasteiger partial charge in [-0.2, -0.15) is 13.2 Å². The summed E-state index contributed by atoms with van der Waals surface area (Å²) in [5.74, 6) is -1.42. The van der Waals surface area contributed by atoms with Gasteiger partial charge in [-0.25, -0.2) is 0 Å². The number of piperidine rings is 1. The highest BCUT2D eigenvalue weighted by atomic mass is 19.4. The number of alkyl halides is 6. The predicted molar refractivity (Wildman–Crippen MR) is 175 cm³/mol. The fraction of sp³-hybridized carbons (Fsp3) is 0.595. The molecule has 1 saturated heterocycles. The molecule has 1 aliphatic heterocycles. The number of nitrogens with zero attached hydrogens (tertiary/aromatic N) is 2. The molecule has 1 N–H and O–H groups in total. The van der Waals surface area contributed by atoms with E-state index >= 15 is 0 Å². The summed E-state index contributed by atoms with van der Waals surface area (Å²) >= 11 is 0. The van der Waals surface area contributed by atoms with Crippen molar-refractivity contribution >= 4 is 12.0 Å². The summed E-state index contributed by atoms with van der Waals surface area (Å²) < 4.78 is 85.1. The van der Waals surface area contributed by atoms with Gasteiger partial charge in [0.15, 0.2) is 0 Å². The van der Waals surface area contributed by atoms with Crippen LogP contribution in [0.4, 0.5) is 26.3 Å². The maximum Gasteiger partial charge on any atom is 0.522 e. The molecule has 0 spiro atoms. The number of aliphatic carboxylic acids is 1. The molecule has 11 heteroatoms. The average Bonchev–Trinajstić information content (AvgIpc) is 3.01. The Hall–Kier alpha value is -2.89. The monoisotopic (exact) mass is 682 g/mol. The number of hydrogen-bond acceptors (Lipinski definition) is 4. The van der Waals surface area contributed by atoms with Crippen LogP contribution >= 0.6 is 0 Å². The SMILES string of the molecule is C=Cc1cc(C)c([C@@H](CCN2CCCCC2)CCN(C)C(C(=O)O)c2cccc(C)c2C2CCC(OC(F)(F)F)CC2)cc1C(F)(F)F. The molecular weight excluding hydrogens is 634 g/mol. The molecule has 0 aromatic heterocycles. The molecule has 5 nitrogen and oxygen atoms in total. The second-order valence-corrected chi connectivity index (χ2v) is 13.5. The highest BCUT2D eigenvalue weighted by Crippen LogP contribution is 2.42. The maximum atomic E-state index is 14.1. The van der Waals surface area contributed by atoms with Crippen molar-refractivity contribution in [1.82, 2.24) is 9.80 Å². The van der Waals surface area contributed by atoms with Gasteiger partial charge in [-0.05, 0) is 150 Å². The minimum atomic E-state index is -4.70. The zero-order valence-electron chi connectivity index (χ0n) is 28.1. The lowest BCUT2D eigenvalue weighted by atomic mass is 9.77. The smallest absolute Gasteiger partial charge is 0.480 e. The third kappa shape index (κ3) is 9.85. The number of likely N-dealkylation sites (tertiary alicyclic amines) is 1. The van der Waals surface area contributed by atoms with E-state index in [0.717, 1.165) is 49.2 Å². The van der Waals surface area contributed by atoms with Crippen LogP contribution < -0.4 is 0 Å². The Morgan fingerprint density at radius 3 is 2.25 bits per heavy atom. The van der Waals surface area contributed by atoms with Gasteiger partial charge >= 0.3 is 18.5 Å². The second kappa shape index (κ2) is 16.2. The molecule has 2 aromatic carbocycles. The molecule has 48 heavy (non-hydrogen) atoms. The molecule has 4 rings (SSSR count). The second-order valence-electron chi connectivity index (χ2n) is 13.5. The van der Waals surface area contributed by atoms with Gasteiger partial charge in [0.1, 0.15) is 6.04 Å². The summed E-state index contributed by atoms with van der Waals surface area (Å²) in [5, 5.41) is 10.5. The van der Waals surface area contributed by atoms with E-state index in [1.165, 1.54) is 24.6 Å². The van der Waals surface area contributed by atoms with Gasteiger partial charge in [0.2, 0.25) is 0 Å². The third-order valence-corrected chi connectivity index (χ3v) is 10.2. The van der Waals surface area contributed by atoms with Gasteiger partial charge in [0.25, 0.3) is 0 Å². The van der Waals surface area contributed by atoms with Crippen LogP contribution in [0.25, 0.3) is 6.08 Å². The first kappa shape index (κ1) is 37.9. The van der Waals surface area contributed by atoms with Crippen LogP contribution in [0.2, 0.25) is 0 Å². The Bertz CT molecular complexity index is 1390. The number of halogens is 6. The average molecular weight is 683 g/mol. The van der Waals surface area contributed by atoms with E-state index in [1.54, 1.807) is 24.1 Å². The lowest BCUT2D eigenvalue weighted by Gasteiger charge is -2.34. The first-order valence-electron chi connectivity index (χ1n) is 16.9. The lowest BCUT2D eigenvalue weighted by molar-refractivity contribution is -0.345. The van der Waals surface area contributed by atoms with Gasteiger partial charge in [-0.1, -0.05) is 43.3 Å². The normalized spacial score (nSPS) is 20.9. The fourth-order valence-electron chi connectivity index (χ4n) is 7.78. The summed E-state index contributed by atoms with van der Waals surface area (Å²) in [7, 11) is 1.72. The summed E-state index contributed by atoms with van der Waals surface area (Å²) in [4.78, 5) is 17.0. The van der Waals surface area contributed by atoms with E-state index in [2.05, 4.69) is 16.2 Å². The Balaban J connectivity index is 1.59. The highest BCUT2D eigenvalue weighted by molar-refractivity contribution is 5.76. The van der Waals surface area contributed by atoms with E-state index in [0.29, 0.717) is 43.4 Å². The molecule has 0 radical (unpaired) electrons. The zero-order chi connectivity index (χ0) is 35.2. The molecule has 2 aromatic rings. The molecule has 0 amide bonds. The number of aryl methyl sites for hydroxylation is 2. The Labute approximate surface area is 279 Å². The minimum absolute atomic E-state index is 0.0348. The van der Waals surface area contributed by atoms with Crippen molar-refractivity contribution in [3.8, 4) is 0 Å². The van der Waals surface area contributed by atoms with Gasteiger partial charge in [0, 0.05) is 0 Å². The molecule has 1 aliphatic carbocycles. The molecule has 2 fully saturated rings. The Morgan fingerprint density at radius 1 is 1.00 bits per heavy atom. The van der Waals surface area contributed by atoms with Crippen LogP contribution in [0.5, 0.6) is 0 Å². The highest BCUT2D eigenvalue weighted by Gasteiger charge is 2.38. The lowest BCUT2D eigenvalue weighted by Crippen LogP contribution is -2.35. The number of carboxylic acids is 1. The first-order chi connectivity index (χ1) is 22.6. The van der Waals surface area contributed by atoms with E-state index in [1.807, 2.05) is 19.9 Å². The zero-order valence-corrected chi connectivity index (χ0v) is 28.1. The molecule has 2 atom stereocenters. The molecule has 2 aliphatic rings. The Morgan fingerprint density at radius 2 is 1.67 bits per heavy atom. The summed E-state index contributed by atoms with van der Waals surface area (Å²) in [6.07, 6.45) is -3.20. The van der Waals surface area contributed by atoms with Crippen LogP contribution in [-0.4, -0.2) is 66.6 Å². The molecular formula is C37H48F6N2O3.